The molecule has 1 aliphatic rings. The molecule has 1 fully saturated rings. The van der Waals surface area contributed by atoms with E-state index >= 15 is 0 Å². The van der Waals surface area contributed by atoms with E-state index < -0.39 is 11.9 Å². The van der Waals surface area contributed by atoms with Crippen molar-refractivity contribution in [2.45, 2.75) is 26.3 Å². The van der Waals surface area contributed by atoms with E-state index in [1.165, 1.54) is 0 Å². The quantitative estimate of drug-likeness (QED) is 0.920. The Hall–Kier alpha value is -2.11. The molecule has 2 amide bonds. The molecule has 1 N–H and O–H groups in total. The molecule has 1 aromatic heterocycles. The van der Waals surface area contributed by atoms with Crippen molar-refractivity contribution in [1.29, 1.82) is 0 Å². The third-order valence-electron chi connectivity index (χ3n) is 3.71. The van der Waals surface area contributed by atoms with Crippen LogP contribution in [0.25, 0.3) is 0 Å². The standard InChI is InChI=1S/C15H21N3O3/c1-11-5-3-7-13(16-11)10-17(2)15(21)18-8-4-6-12(9-18)14(19)20/h3,5,7,12H,4,6,8-10H2,1-2H3,(H,19,20)/t12-/m1/s1. The average molecular weight is 291 g/mol. The van der Waals surface area contributed by atoms with Crippen molar-refractivity contribution in [3.8, 4) is 0 Å². The zero-order valence-electron chi connectivity index (χ0n) is 12.5. The summed E-state index contributed by atoms with van der Waals surface area (Å²) in [7, 11) is 1.72. The number of carbonyl (C=O) groups is 2. The fraction of sp³-hybridized carbons (Fsp3) is 0.533. The normalized spacial score (nSPS) is 18.4. The van der Waals surface area contributed by atoms with Crippen LogP contribution in [-0.4, -0.2) is 52.0 Å². The molecule has 1 aliphatic heterocycles. The molecular weight excluding hydrogens is 270 g/mol. The number of urea groups is 1. The van der Waals surface area contributed by atoms with Gasteiger partial charge in [0.2, 0.25) is 0 Å². The summed E-state index contributed by atoms with van der Waals surface area (Å²) < 4.78 is 0. The van der Waals surface area contributed by atoms with Crippen molar-refractivity contribution < 1.29 is 14.7 Å². The second-order valence-electron chi connectivity index (χ2n) is 5.53. The number of carboxylic acids is 1. The molecular formula is C15H21N3O3. The summed E-state index contributed by atoms with van der Waals surface area (Å²) in [4.78, 5) is 31.0. The molecule has 0 spiro atoms. The van der Waals surface area contributed by atoms with Crippen LogP contribution in [0.2, 0.25) is 0 Å². The van der Waals surface area contributed by atoms with Gasteiger partial charge in [-0.1, -0.05) is 6.07 Å². The largest absolute Gasteiger partial charge is 0.481 e. The highest BCUT2D eigenvalue weighted by Crippen LogP contribution is 2.18. The third kappa shape index (κ3) is 3.93. The number of rotatable bonds is 3. The molecule has 2 heterocycles. The fourth-order valence-electron chi connectivity index (χ4n) is 2.59. The lowest BCUT2D eigenvalue weighted by Gasteiger charge is -2.33. The van der Waals surface area contributed by atoms with Gasteiger partial charge in [-0.3, -0.25) is 9.78 Å². The second kappa shape index (κ2) is 6.56. The zero-order chi connectivity index (χ0) is 15.4. The summed E-state index contributed by atoms with van der Waals surface area (Å²) in [6, 6.07) is 5.57. The monoisotopic (exact) mass is 291 g/mol. The van der Waals surface area contributed by atoms with Gasteiger partial charge in [-0.05, 0) is 31.9 Å². The van der Waals surface area contributed by atoms with Crippen LogP contribution in [0.3, 0.4) is 0 Å². The van der Waals surface area contributed by atoms with Crippen molar-refractivity contribution in [1.82, 2.24) is 14.8 Å². The SMILES string of the molecule is Cc1cccc(CN(C)C(=O)N2CCC[C@@H](C(=O)O)C2)n1. The van der Waals surface area contributed by atoms with Gasteiger partial charge in [0.1, 0.15) is 0 Å². The number of hydrogen-bond acceptors (Lipinski definition) is 3. The lowest BCUT2D eigenvalue weighted by Crippen LogP contribution is -2.47. The predicted molar refractivity (Wildman–Crippen MR) is 77.8 cm³/mol. The Morgan fingerprint density at radius 2 is 2.24 bits per heavy atom. The molecule has 114 valence electrons. The first-order valence-corrected chi connectivity index (χ1v) is 7.12. The number of aromatic nitrogens is 1. The Kier molecular flexibility index (Phi) is 4.77. The van der Waals surface area contributed by atoms with Crippen LogP contribution in [0.15, 0.2) is 18.2 Å². The van der Waals surface area contributed by atoms with Gasteiger partial charge in [0.05, 0.1) is 18.2 Å². The average Bonchev–Trinajstić information content (AvgIpc) is 2.46. The van der Waals surface area contributed by atoms with Crippen LogP contribution in [0.5, 0.6) is 0 Å². The molecule has 1 aromatic rings. The van der Waals surface area contributed by atoms with E-state index in [2.05, 4.69) is 4.98 Å². The first-order chi connectivity index (χ1) is 9.97. The third-order valence-corrected chi connectivity index (χ3v) is 3.71. The minimum Gasteiger partial charge on any atom is -0.481 e. The Balaban J connectivity index is 1.97. The van der Waals surface area contributed by atoms with Gasteiger partial charge in [-0.15, -0.1) is 0 Å². The first-order valence-electron chi connectivity index (χ1n) is 7.12. The zero-order valence-corrected chi connectivity index (χ0v) is 12.5. The number of aliphatic carboxylic acids is 1. The number of hydrogen-bond donors (Lipinski definition) is 1. The van der Waals surface area contributed by atoms with Gasteiger partial charge in [-0.2, -0.15) is 0 Å². The van der Waals surface area contributed by atoms with Gasteiger partial charge in [0.15, 0.2) is 0 Å². The Labute approximate surface area is 124 Å². The number of carboxylic acid groups (broad SMARTS) is 1. The fourth-order valence-corrected chi connectivity index (χ4v) is 2.59. The highest BCUT2D eigenvalue weighted by atomic mass is 16.4. The minimum atomic E-state index is -0.824. The highest BCUT2D eigenvalue weighted by Gasteiger charge is 2.29. The van der Waals surface area contributed by atoms with E-state index in [1.54, 1.807) is 16.8 Å². The number of aryl methyl sites for hydroxylation is 1. The van der Waals surface area contributed by atoms with Crippen LogP contribution >= 0.6 is 0 Å². The number of piperidine rings is 1. The summed E-state index contributed by atoms with van der Waals surface area (Å²) in [5, 5.41) is 9.08. The smallest absolute Gasteiger partial charge is 0.320 e. The molecule has 0 saturated carbocycles. The summed E-state index contributed by atoms with van der Waals surface area (Å²) in [5.74, 6) is -1.27. The Bertz CT molecular complexity index is 533. The maximum atomic E-state index is 12.4. The molecule has 1 saturated heterocycles. The molecule has 0 aromatic carbocycles. The molecule has 0 bridgehead atoms. The van der Waals surface area contributed by atoms with E-state index in [4.69, 9.17) is 5.11 Å². The predicted octanol–water partition coefficient (Wildman–Crippen LogP) is 1.74. The van der Waals surface area contributed by atoms with Crippen molar-refractivity contribution in [2.75, 3.05) is 20.1 Å². The maximum Gasteiger partial charge on any atom is 0.320 e. The second-order valence-corrected chi connectivity index (χ2v) is 5.53. The number of likely N-dealkylation sites (tertiary alicyclic amines) is 1. The molecule has 0 unspecified atom stereocenters. The Morgan fingerprint density at radius 3 is 2.90 bits per heavy atom. The van der Waals surface area contributed by atoms with Crippen LogP contribution < -0.4 is 0 Å². The lowest BCUT2D eigenvalue weighted by atomic mass is 9.99. The van der Waals surface area contributed by atoms with Crippen molar-refractivity contribution in [2.24, 2.45) is 5.92 Å². The van der Waals surface area contributed by atoms with Gasteiger partial charge in [0, 0.05) is 25.8 Å². The summed E-state index contributed by atoms with van der Waals surface area (Å²) in [6.45, 7) is 3.25. The summed E-state index contributed by atoms with van der Waals surface area (Å²) in [5.41, 5.74) is 1.75. The van der Waals surface area contributed by atoms with Crippen LogP contribution in [-0.2, 0) is 11.3 Å². The summed E-state index contributed by atoms with van der Waals surface area (Å²) in [6.07, 6.45) is 1.38. The van der Waals surface area contributed by atoms with Gasteiger partial charge < -0.3 is 14.9 Å². The first kappa shape index (κ1) is 15.3. The topological polar surface area (TPSA) is 73.7 Å². The number of pyridine rings is 1. The van der Waals surface area contributed by atoms with E-state index in [-0.39, 0.29) is 6.03 Å². The maximum absolute atomic E-state index is 12.4. The number of nitrogens with zero attached hydrogens (tertiary/aromatic N) is 3. The van der Waals surface area contributed by atoms with Crippen molar-refractivity contribution >= 4 is 12.0 Å². The van der Waals surface area contributed by atoms with Crippen LogP contribution in [0, 0.1) is 12.8 Å². The van der Waals surface area contributed by atoms with E-state index in [1.807, 2.05) is 25.1 Å². The molecule has 6 nitrogen and oxygen atoms in total. The summed E-state index contributed by atoms with van der Waals surface area (Å²) >= 11 is 0. The van der Waals surface area contributed by atoms with E-state index in [9.17, 15) is 9.59 Å². The van der Waals surface area contributed by atoms with Gasteiger partial charge >= 0.3 is 12.0 Å². The number of carbonyl (C=O) groups excluding carboxylic acids is 1. The molecule has 1 atom stereocenters. The van der Waals surface area contributed by atoms with Crippen molar-refractivity contribution in [3.63, 3.8) is 0 Å². The van der Waals surface area contributed by atoms with E-state index in [0.29, 0.717) is 26.1 Å². The van der Waals surface area contributed by atoms with E-state index in [0.717, 1.165) is 17.8 Å². The highest BCUT2D eigenvalue weighted by molar-refractivity contribution is 5.76. The van der Waals surface area contributed by atoms with Crippen LogP contribution in [0.1, 0.15) is 24.2 Å². The molecule has 21 heavy (non-hydrogen) atoms. The van der Waals surface area contributed by atoms with Gasteiger partial charge in [-0.25, -0.2) is 4.79 Å². The number of amides is 2. The van der Waals surface area contributed by atoms with Crippen LogP contribution in [0.4, 0.5) is 4.79 Å². The lowest BCUT2D eigenvalue weighted by molar-refractivity contribution is -0.143. The Morgan fingerprint density at radius 1 is 1.48 bits per heavy atom. The van der Waals surface area contributed by atoms with Crippen molar-refractivity contribution in [3.05, 3.63) is 29.6 Å². The molecule has 0 aliphatic carbocycles. The molecule has 6 heteroatoms. The minimum absolute atomic E-state index is 0.135. The van der Waals surface area contributed by atoms with Gasteiger partial charge in [0.25, 0.3) is 0 Å². The molecule has 2 rings (SSSR count). The molecule has 0 radical (unpaired) electrons.